The van der Waals surface area contributed by atoms with E-state index in [0.29, 0.717) is 9.90 Å². The van der Waals surface area contributed by atoms with Gasteiger partial charge in [0.1, 0.15) is 10.0 Å². The predicted octanol–water partition coefficient (Wildman–Crippen LogP) is 3.63. The maximum absolute atomic E-state index is 12.2. The number of nitrogens with one attached hydrogen (secondary N) is 4. The maximum Gasteiger partial charge on any atom is 0.336 e. The van der Waals surface area contributed by atoms with Gasteiger partial charge in [-0.1, -0.05) is 59.1 Å². The van der Waals surface area contributed by atoms with Crippen LogP contribution in [-0.4, -0.2) is 17.1 Å². The zero-order valence-corrected chi connectivity index (χ0v) is 15.5. The monoisotopic (exact) mass is 416 g/mol. The van der Waals surface area contributed by atoms with Crippen LogP contribution in [0.4, 0.5) is 4.79 Å². The van der Waals surface area contributed by atoms with E-state index in [9.17, 15) is 9.59 Å². The van der Waals surface area contributed by atoms with E-state index >= 15 is 0 Å². The van der Waals surface area contributed by atoms with E-state index < -0.39 is 17.1 Å². The van der Waals surface area contributed by atoms with Crippen molar-refractivity contribution in [3.05, 3.63) is 57.5 Å². The molecule has 0 saturated carbocycles. The molecule has 3 amide bonds. The Balaban J connectivity index is 1.62. The van der Waals surface area contributed by atoms with Crippen LogP contribution in [0.5, 0.6) is 0 Å². The van der Waals surface area contributed by atoms with Crippen LogP contribution >= 0.6 is 46.1 Å². The van der Waals surface area contributed by atoms with Crippen LogP contribution in [0.15, 0.2) is 47.6 Å². The molecule has 0 bridgehead atoms. The van der Waals surface area contributed by atoms with Crippen molar-refractivity contribution in [1.82, 2.24) is 21.5 Å². The van der Waals surface area contributed by atoms with Crippen molar-refractivity contribution in [2.45, 2.75) is 5.12 Å². The second kappa shape index (κ2) is 7.13. The van der Waals surface area contributed by atoms with Crippen LogP contribution < -0.4 is 21.5 Å². The quantitative estimate of drug-likeness (QED) is 0.342. The standard InChI is InChI=1S/C15H11Cl3N4O2S/c16-10-6-3-7-15(18,19-10)20-14(24)22-21-13(23)12-11(17)8-4-1-2-5-9(8)25-12/h1-7,19H,(H,21,23)(H2,20,22,24). The first-order valence-electron chi connectivity index (χ1n) is 6.95. The number of hydrogen-bond donors (Lipinski definition) is 4. The molecule has 1 aromatic carbocycles. The molecule has 4 N–H and O–H groups in total. The summed E-state index contributed by atoms with van der Waals surface area (Å²) >= 11 is 19.4. The van der Waals surface area contributed by atoms with Gasteiger partial charge in [-0.25, -0.2) is 10.2 Å². The molecule has 2 heterocycles. The van der Waals surface area contributed by atoms with Gasteiger partial charge >= 0.3 is 6.03 Å². The number of dihydropyridines is 1. The number of carbonyl (C=O) groups is 2. The molecular formula is C15H11Cl3N4O2S. The summed E-state index contributed by atoms with van der Waals surface area (Å²) in [5, 5.41) is 5.08. The molecule has 0 fully saturated rings. The summed E-state index contributed by atoms with van der Waals surface area (Å²) in [6, 6.07) is 6.63. The van der Waals surface area contributed by atoms with E-state index in [-0.39, 0.29) is 5.16 Å². The fraction of sp³-hybridized carbons (Fsp3) is 0.0667. The number of fused-ring (bicyclic) bond motifs is 1. The van der Waals surface area contributed by atoms with Gasteiger partial charge in [0.2, 0.25) is 5.12 Å². The van der Waals surface area contributed by atoms with E-state index in [1.165, 1.54) is 17.4 Å². The lowest BCUT2D eigenvalue weighted by Gasteiger charge is -2.28. The Bertz CT molecular complexity index is 911. The molecule has 3 rings (SSSR count). The van der Waals surface area contributed by atoms with E-state index in [1.54, 1.807) is 12.2 Å². The molecule has 0 aliphatic carbocycles. The molecule has 0 radical (unpaired) electrons. The Hall–Kier alpha value is -1.93. The van der Waals surface area contributed by atoms with Crippen molar-refractivity contribution < 1.29 is 9.59 Å². The summed E-state index contributed by atoms with van der Waals surface area (Å²) in [4.78, 5) is 24.5. The Morgan fingerprint density at radius 3 is 2.64 bits per heavy atom. The SMILES string of the molecule is O=C(NNC(=O)c1sc2ccccc2c1Cl)NC1(Cl)C=CC=C(Cl)N1. The second-order valence-electron chi connectivity index (χ2n) is 4.99. The number of benzene rings is 1. The fourth-order valence-electron chi connectivity index (χ4n) is 2.12. The summed E-state index contributed by atoms with van der Waals surface area (Å²) in [7, 11) is 0. The molecule has 6 nitrogen and oxygen atoms in total. The number of carbonyl (C=O) groups excluding carboxylic acids is 2. The van der Waals surface area contributed by atoms with Gasteiger partial charge in [0.25, 0.3) is 5.91 Å². The summed E-state index contributed by atoms with van der Waals surface area (Å²) < 4.78 is 0.875. The average Bonchev–Trinajstić information content (AvgIpc) is 2.89. The van der Waals surface area contributed by atoms with Gasteiger partial charge in [-0.15, -0.1) is 11.3 Å². The third-order valence-electron chi connectivity index (χ3n) is 3.20. The molecule has 1 aromatic heterocycles. The second-order valence-corrected chi connectivity index (χ2v) is 7.42. The normalized spacial score (nSPS) is 19.1. The molecule has 1 unspecified atom stereocenters. The Labute approximate surface area is 161 Å². The zero-order valence-electron chi connectivity index (χ0n) is 12.4. The first kappa shape index (κ1) is 17.9. The van der Waals surface area contributed by atoms with E-state index in [0.717, 1.165) is 10.1 Å². The van der Waals surface area contributed by atoms with Crippen LogP contribution in [0, 0.1) is 0 Å². The van der Waals surface area contributed by atoms with Crippen LogP contribution in [0.25, 0.3) is 10.1 Å². The lowest BCUT2D eigenvalue weighted by atomic mass is 10.2. The van der Waals surface area contributed by atoms with Gasteiger partial charge in [-0.2, -0.15) is 0 Å². The summed E-state index contributed by atoms with van der Waals surface area (Å²) in [5.74, 6) is -0.532. The van der Waals surface area contributed by atoms with Gasteiger partial charge in [0, 0.05) is 10.1 Å². The van der Waals surface area contributed by atoms with Crippen molar-refractivity contribution in [3.8, 4) is 0 Å². The summed E-state index contributed by atoms with van der Waals surface area (Å²) in [6.07, 6.45) is 4.65. The van der Waals surface area contributed by atoms with Crippen molar-refractivity contribution in [2.24, 2.45) is 0 Å². The first-order valence-corrected chi connectivity index (χ1v) is 8.91. The summed E-state index contributed by atoms with van der Waals surface area (Å²) in [5.41, 5.74) is 4.50. The van der Waals surface area contributed by atoms with Crippen LogP contribution in [-0.2, 0) is 0 Å². The van der Waals surface area contributed by atoms with E-state index in [2.05, 4.69) is 21.5 Å². The number of allylic oxidation sites excluding steroid dienone is 2. The highest BCUT2D eigenvalue weighted by Crippen LogP contribution is 2.34. The largest absolute Gasteiger partial charge is 0.337 e. The smallest absolute Gasteiger partial charge is 0.336 e. The average molecular weight is 418 g/mol. The molecule has 0 spiro atoms. The van der Waals surface area contributed by atoms with Crippen LogP contribution in [0.3, 0.4) is 0 Å². The minimum atomic E-state index is -1.39. The lowest BCUT2D eigenvalue weighted by molar-refractivity contribution is 0.0940. The number of alkyl halides is 1. The highest BCUT2D eigenvalue weighted by Gasteiger charge is 2.28. The Morgan fingerprint density at radius 1 is 1.16 bits per heavy atom. The van der Waals surface area contributed by atoms with Gasteiger partial charge in [-0.3, -0.25) is 15.5 Å². The first-order chi connectivity index (χ1) is 11.9. The number of thiophene rings is 1. The molecular weight excluding hydrogens is 407 g/mol. The van der Waals surface area contributed by atoms with Gasteiger partial charge < -0.3 is 5.32 Å². The lowest BCUT2D eigenvalue weighted by Crippen LogP contribution is -2.58. The number of hydrogen-bond acceptors (Lipinski definition) is 4. The van der Waals surface area contributed by atoms with Crippen molar-refractivity contribution >= 4 is 68.2 Å². The molecule has 1 aliphatic rings. The third kappa shape index (κ3) is 4.01. The molecule has 25 heavy (non-hydrogen) atoms. The number of amides is 3. The fourth-order valence-corrected chi connectivity index (χ4v) is 4.06. The number of halogens is 3. The van der Waals surface area contributed by atoms with Crippen molar-refractivity contribution in [1.29, 1.82) is 0 Å². The van der Waals surface area contributed by atoms with Gasteiger partial charge in [0.15, 0.2) is 0 Å². The van der Waals surface area contributed by atoms with E-state index in [1.807, 2.05) is 24.3 Å². The molecule has 2 aromatic rings. The van der Waals surface area contributed by atoms with Crippen LogP contribution in [0.1, 0.15) is 9.67 Å². The zero-order chi connectivity index (χ0) is 18.0. The van der Waals surface area contributed by atoms with Gasteiger partial charge in [-0.05, 0) is 18.2 Å². The minimum absolute atomic E-state index is 0.263. The number of urea groups is 1. The Kier molecular flexibility index (Phi) is 5.10. The molecule has 1 aliphatic heterocycles. The van der Waals surface area contributed by atoms with E-state index in [4.69, 9.17) is 34.8 Å². The molecule has 130 valence electrons. The highest BCUT2D eigenvalue weighted by molar-refractivity contribution is 7.21. The predicted molar refractivity (Wildman–Crippen MR) is 101 cm³/mol. The van der Waals surface area contributed by atoms with Crippen molar-refractivity contribution in [2.75, 3.05) is 0 Å². The highest BCUT2D eigenvalue weighted by atomic mass is 35.5. The summed E-state index contributed by atoms with van der Waals surface area (Å²) in [6.45, 7) is 0. The number of hydrazine groups is 1. The number of rotatable bonds is 2. The molecule has 10 heteroatoms. The van der Waals surface area contributed by atoms with Crippen LogP contribution in [0.2, 0.25) is 5.02 Å². The minimum Gasteiger partial charge on any atom is -0.337 e. The third-order valence-corrected chi connectivity index (χ3v) is 5.41. The Morgan fingerprint density at radius 2 is 1.92 bits per heavy atom. The van der Waals surface area contributed by atoms with Crippen molar-refractivity contribution in [3.63, 3.8) is 0 Å². The topological polar surface area (TPSA) is 82.3 Å². The maximum atomic E-state index is 12.2. The molecule has 1 atom stereocenters. The van der Waals surface area contributed by atoms with Gasteiger partial charge in [0.05, 0.1) is 5.02 Å². The molecule has 0 saturated heterocycles.